The number of amides is 1. The van der Waals surface area contributed by atoms with Crippen LogP contribution >= 0.6 is 27.3 Å². The van der Waals surface area contributed by atoms with E-state index in [0.717, 1.165) is 26.1 Å². The molecule has 0 saturated heterocycles. The van der Waals surface area contributed by atoms with E-state index < -0.39 is 5.91 Å². The van der Waals surface area contributed by atoms with Crippen molar-refractivity contribution < 1.29 is 4.79 Å². The van der Waals surface area contributed by atoms with Gasteiger partial charge in [0, 0.05) is 21.3 Å². The van der Waals surface area contributed by atoms with Crippen LogP contribution in [-0.2, 0) is 6.54 Å². The zero-order chi connectivity index (χ0) is 15.0. The summed E-state index contributed by atoms with van der Waals surface area (Å²) < 4.78 is 0.844. The Bertz CT molecular complexity index is 880. The number of hydrogen-bond acceptors (Lipinski definition) is 4. The summed E-state index contributed by atoms with van der Waals surface area (Å²) in [7, 11) is 0. The van der Waals surface area contributed by atoms with Crippen LogP contribution in [0.5, 0.6) is 0 Å². The van der Waals surface area contributed by atoms with Crippen molar-refractivity contribution in [1.82, 2.24) is 9.97 Å². The Labute approximate surface area is 131 Å². The fourth-order valence-corrected chi connectivity index (χ4v) is 3.27. The largest absolute Gasteiger partial charge is 0.379 e. The molecule has 0 saturated carbocycles. The van der Waals surface area contributed by atoms with Crippen LogP contribution in [0.3, 0.4) is 0 Å². The first-order chi connectivity index (χ1) is 10.0. The number of carbonyl (C=O) groups is 1. The molecule has 0 aliphatic heterocycles. The van der Waals surface area contributed by atoms with Gasteiger partial charge in [-0.2, -0.15) is 0 Å². The zero-order valence-corrected chi connectivity index (χ0v) is 13.1. The highest BCUT2D eigenvalue weighted by molar-refractivity contribution is 9.10. The van der Waals surface area contributed by atoms with Crippen LogP contribution < -0.4 is 16.7 Å². The summed E-state index contributed by atoms with van der Waals surface area (Å²) >= 11 is 4.93. The fraction of sp³-hybridized carbons (Fsp3) is 0.0769. The first kappa shape index (κ1) is 13.9. The smallest absolute Gasteiger partial charge is 0.323 e. The lowest BCUT2D eigenvalue weighted by atomic mass is 10.2. The van der Waals surface area contributed by atoms with Crippen molar-refractivity contribution in [3.8, 4) is 0 Å². The van der Waals surface area contributed by atoms with E-state index in [1.807, 2.05) is 12.1 Å². The third kappa shape index (κ3) is 2.86. The molecule has 0 spiro atoms. The molecule has 0 atom stereocenters. The van der Waals surface area contributed by atoms with Crippen molar-refractivity contribution >= 4 is 49.9 Å². The van der Waals surface area contributed by atoms with Crippen molar-refractivity contribution in [2.45, 2.75) is 6.54 Å². The number of aromatic amines is 2. The minimum absolute atomic E-state index is 0.238. The van der Waals surface area contributed by atoms with Crippen molar-refractivity contribution in [2.24, 2.45) is 5.73 Å². The number of carbonyl (C=O) groups excluding carboxylic acids is 1. The Hall–Kier alpha value is -2.06. The molecule has 2 aromatic heterocycles. The van der Waals surface area contributed by atoms with Crippen LogP contribution in [0.15, 0.2) is 32.8 Å². The maximum Gasteiger partial charge on any atom is 0.323 e. The van der Waals surface area contributed by atoms with Crippen molar-refractivity contribution in [3.63, 3.8) is 0 Å². The molecule has 0 unspecified atom stereocenters. The third-order valence-electron chi connectivity index (χ3n) is 2.99. The Morgan fingerprint density at radius 1 is 1.29 bits per heavy atom. The highest BCUT2D eigenvalue weighted by atomic mass is 79.9. The van der Waals surface area contributed by atoms with Gasteiger partial charge < -0.3 is 21.0 Å². The van der Waals surface area contributed by atoms with Crippen molar-refractivity contribution in [1.29, 1.82) is 0 Å². The minimum Gasteiger partial charge on any atom is -0.379 e. The number of H-pyrrole nitrogens is 2. The maximum absolute atomic E-state index is 11.3. The molecular weight excluding hydrogens is 356 g/mol. The Kier molecular flexibility index (Phi) is 3.56. The standard InChI is InChI=1S/C13H11BrN4O2S/c14-8-2-10-11(18-13(20)17-10)3-9(8)16-4-7-1-6(5-21-7)12(15)19/h1-3,5,16H,4H2,(H2,15,19)(H2,17,18,20). The number of imidazole rings is 1. The predicted octanol–water partition coefficient (Wildman–Crippen LogP) is 2.39. The van der Waals surface area contributed by atoms with Crippen LogP contribution in [0.2, 0.25) is 0 Å². The molecule has 108 valence electrons. The molecular formula is C13H11BrN4O2S. The summed E-state index contributed by atoms with van der Waals surface area (Å²) in [6.45, 7) is 0.566. The van der Waals surface area contributed by atoms with E-state index in [1.54, 1.807) is 11.4 Å². The van der Waals surface area contributed by atoms with Gasteiger partial charge in [-0.3, -0.25) is 4.79 Å². The second kappa shape index (κ2) is 5.38. The molecule has 5 N–H and O–H groups in total. The number of benzene rings is 1. The van der Waals surface area contributed by atoms with Gasteiger partial charge in [0.05, 0.1) is 22.3 Å². The van der Waals surface area contributed by atoms with Gasteiger partial charge in [-0.05, 0) is 34.1 Å². The van der Waals surface area contributed by atoms with E-state index in [4.69, 9.17) is 5.73 Å². The topological polar surface area (TPSA) is 104 Å². The Balaban J connectivity index is 1.82. The normalized spacial score (nSPS) is 10.9. The average Bonchev–Trinajstić information content (AvgIpc) is 3.01. The molecule has 0 aliphatic carbocycles. The van der Waals surface area contributed by atoms with Crippen molar-refractivity contribution in [3.05, 3.63) is 49.0 Å². The van der Waals surface area contributed by atoms with E-state index in [2.05, 4.69) is 31.2 Å². The molecule has 6 nitrogen and oxygen atoms in total. The number of nitrogens with one attached hydrogen (secondary N) is 3. The SMILES string of the molecule is NC(=O)c1csc(CNc2cc3[nH]c(=O)[nH]c3cc2Br)c1. The molecule has 21 heavy (non-hydrogen) atoms. The van der Waals surface area contributed by atoms with E-state index >= 15 is 0 Å². The number of aromatic nitrogens is 2. The number of primary amides is 1. The van der Waals surface area contributed by atoms with Gasteiger partial charge in [-0.1, -0.05) is 0 Å². The molecule has 0 fully saturated rings. The molecule has 3 rings (SSSR count). The molecule has 0 radical (unpaired) electrons. The molecule has 0 aliphatic rings. The number of hydrogen-bond donors (Lipinski definition) is 4. The summed E-state index contributed by atoms with van der Waals surface area (Å²) in [4.78, 5) is 28.7. The number of thiophene rings is 1. The van der Waals surface area contributed by atoms with Gasteiger partial charge in [0.1, 0.15) is 0 Å². The summed E-state index contributed by atoms with van der Waals surface area (Å²) in [6, 6.07) is 5.45. The van der Waals surface area contributed by atoms with Gasteiger partial charge in [0.15, 0.2) is 0 Å². The molecule has 1 aromatic carbocycles. The molecule has 2 heterocycles. The minimum atomic E-state index is -0.426. The van der Waals surface area contributed by atoms with Crippen LogP contribution in [-0.4, -0.2) is 15.9 Å². The first-order valence-electron chi connectivity index (χ1n) is 6.05. The quantitative estimate of drug-likeness (QED) is 0.569. The van der Waals surface area contributed by atoms with Gasteiger partial charge >= 0.3 is 5.69 Å². The Morgan fingerprint density at radius 3 is 2.67 bits per heavy atom. The fourth-order valence-electron chi connectivity index (χ4n) is 1.98. The lowest BCUT2D eigenvalue weighted by Gasteiger charge is -2.07. The maximum atomic E-state index is 11.3. The van der Waals surface area contributed by atoms with Crippen LogP contribution in [0.1, 0.15) is 15.2 Å². The average molecular weight is 367 g/mol. The van der Waals surface area contributed by atoms with Crippen LogP contribution in [0.4, 0.5) is 5.69 Å². The van der Waals surface area contributed by atoms with Gasteiger partial charge in [0.2, 0.25) is 5.91 Å². The molecule has 0 bridgehead atoms. The Morgan fingerprint density at radius 2 is 2.00 bits per heavy atom. The number of fused-ring (bicyclic) bond motifs is 1. The molecule has 1 amide bonds. The lowest BCUT2D eigenvalue weighted by Crippen LogP contribution is -2.09. The third-order valence-corrected chi connectivity index (χ3v) is 4.59. The summed E-state index contributed by atoms with van der Waals surface area (Å²) in [6.07, 6.45) is 0. The number of halogens is 1. The zero-order valence-electron chi connectivity index (χ0n) is 10.7. The lowest BCUT2D eigenvalue weighted by molar-refractivity contribution is 0.100. The highest BCUT2D eigenvalue weighted by Gasteiger charge is 2.07. The second-order valence-corrected chi connectivity index (χ2v) is 6.33. The summed E-state index contributed by atoms with van der Waals surface area (Å²) in [5.74, 6) is -0.426. The summed E-state index contributed by atoms with van der Waals surface area (Å²) in [5, 5.41) is 5.00. The summed E-state index contributed by atoms with van der Waals surface area (Å²) in [5.41, 5.74) is 7.83. The number of anilines is 1. The second-order valence-electron chi connectivity index (χ2n) is 4.48. The van der Waals surface area contributed by atoms with E-state index in [9.17, 15) is 9.59 Å². The van der Waals surface area contributed by atoms with Gasteiger partial charge in [-0.25, -0.2) is 4.79 Å². The monoisotopic (exact) mass is 366 g/mol. The molecule has 3 aromatic rings. The number of nitrogens with two attached hydrogens (primary N) is 1. The van der Waals surface area contributed by atoms with E-state index in [-0.39, 0.29) is 5.69 Å². The number of rotatable bonds is 4. The van der Waals surface area contributed by atoms with Gasteiger partial charge in [0.25, 0.3) is 0 Å². The predicted molar refractivity (Wildman–Crippen MR) is 86.8 cm³/mol. The first-order valence-corrected chi connectivity index (χ1v) is 7.73. The highest BCUT2D eigenvalue weighted by Crippen LogP contribution is 2.27. The van der Waals surface area contributed by atoms with E-state index in [1.165, 1.54) is 11.3 Å². The van der Waals surface area contributed by atoms with E-state index in [0.29, 0.717) is 12.1 Å². The van der Waals surface area contributed by atoms with Crippen LogP contribution in [0, 0.1) is 0 Å². The molecule has 8 heteroatoms. The van der Waals surface area contributed by atoms with Crippen molar-refractivity contribution in [2.75, 3.05) is 5.32 Å². The van der Waals surface area contributed by atoms with Crippen LogP contribution in [0.25, 0.3) is 11.0 Å². The van der Waals surface area contributed by atoms with Gasteiger partial charge in [-0.15, -0.1) is 11.3 Å².